The second kappa shape index (κ2) is 9.24. The maximum absolute atomic E-state index is 10.1. The van der Waals surface area contributed by atoms with E-state index >= 15 is 0 Å². The molecule has 3 N–H and O–H groups in total. The first kappa shape index (κ1) is 12.2. The summed E-state index contributed by atoms with van der Waals surface area (Å²) in [4.78, 5) is 10.1. The second-order valence-electron chi connectivity index (χ2n) is 1.77. The summed E-state index contributed by atoms with van der Waals surface area (Å²) in [5.74, 6) is 0.204. The zero-order chi connectivity index (χ0) is 9.23. The summed E-state index contributed by atoms with van der Waals surface area (Å²) in [7, 11) is 4.48. The number of nitrogens with two attached hydrogens (primary N) is 1. The lowest BCUT2D eigenvalue weighted by Gasteiger charge is -1.97. The standard InChI is InChI=1S/C5H11BNO3S2/c7-4-10-6-1-2-11-12-3-5(8)9/h1-4,7H2,(H,8,9). The van der Waals surface area contributed by atoms with Crippen LogP contribution in [0.1, 0.15) is 0 Å². The molecule has 0 saturated carbocycles. The Morgan fingerprint density at radius 2 is 2.33 bits per heavy atom. The van der Waals surface area contributed by atoms with E-state index < -0.39 is 5.97 Å². The molecule has 0 aliphatic carbocycles. The van der Waals surface area contributed by atoms with Crippen molar-refractivity contribution in [2.75, 3.05) is 18.2 Å². The molecule has 0 bridgehead atoms. The fourth-order valence-electron chi connectivity index (χ4n) is 0.399. The molecule has 0 amide bonds. The van der Waals surface area contributed by atoms with Crippen molar-refractivity contribution in [2.24, 2.45) is 5.73 Å². The molecule has 0 heterocycles. The van der Waals surface area contributed by atoms with Gasteiger partial charge < -0.3 is 15.5 Å². The van der Waals surface area contributed by atoms with Gasteiger partial charge >= 0.3 is 5.97 Å². The van der Waals surface area contributed by atoms with Crippen LogP contribution in [0.4, 0.5) is 0 Å². The summed E-state index contributed by atoms with van der Waals surface area (Å²) in [6, 6.07) is 0. The fraction of sp³-hybridized carbons (Fsp3) is 0.800. The largest absolute Gasteiger partial charge is 0.481 e. The smallest absolute Gasteiger partial charge is 0.314 e. The van der Waals surface area contributed by atoms with Gasteiger partial charge in [-0.05, 0) is 12.1 Å². The van der Waals surface area contributed by atoms with Crippen LogP contribution < -0.4 is 5.73 Å². The molecular formula is C5H11BNO3S2. The van der Waals surface area contributed by atoms with E-state index in [-0.39, 0.29) is 12.5 Å². The summed E-state index contributed by atoms with van der Waals surface area (Å²) in [6.07, 6.45) is 0.786. The third kappa shape index (κ3) is 10.2. The van der Waals surface area contributed by atoms with Crippen LogP contribution in [-0.2, 0) is 9.45 Å². The molecule has 0 aromatic heterocycles. The van der Waals surface area contributed by atoms with Gasteiger partial charge in [0.05, 0.1) is 6.73 Å². The van der Waals surface area contributed by atoms with Crippen LogP contribution in [0.3, 0.4) is 0 Å². The van der Waals surface area contributed by atoms with E-state index in [1.54, 1.807) is 7.48 Å². The molecule has 0 aliphatic heterocycles. The maximum Gasteiger partial charge on any atom is 0.314 e. The van der Waals surface area contributed by atoms with Crippen molar-refractivity contribution in [1.82, 2.24) is 0 Å². The van der Waals surface area contributed by atoms with Crippen molar-refractivity contribution >= 4 is 35.0 Å². The number of hydrogen-bond donors (Lipinski definition) is 2. The van der Waals surface area contributed by atoms with E-state index in [9.17, 15) is 4.79 Å². The summed E-state index contributed by atoms with van der Waals surface area (Å²) < 4.78 is 4.78. The van der Waals surface area contributed by atoms with Crippen molar-refractivity contribution < 1.29 is 14.6 Å². The summed E-state index contributed by atoms with van der Waals surface area (Å²) >= 11 is 0. The van der Waals surface area contributed by atoms with Crippen LogP contribution in [-0.4, -0.2) is 36.8 Å². The Morgan fingerprint density at radius 3 is 2.92 bits per heavy atom. The highest BCUT2D eigenvalue weighted by molar-refractivity contribution is 8.76. The van der Waals surface area contributed by atoms with Gasteiger partial charge in [-0.1, -0.05) is 21.6 Å². The molecule has 4 nitrogen and oxygen atoms in total. The molecule has 0 fully saturated rings. The lowest BCUT2D eigenvalue weighted by molar-refractivity contribution is -0.133. The topological polar surface area (TPSA) is 72.5 Å². The van der Waals surface area contributed by atoms with Crippen molar-refractivity contribution in [2.45, 2.75) is 6.32 Å². The van der Waals surface area contributed by atoms with Crippen LogP contribution >= 0.6 is 21.6 Å². The van der Waals surface area contributed by atoms with Gasteiger partial charge in [-0.3, -0.25) is 4.79 Å². The Hall–Kier alpha value is 0.155. The Bertz CT molecular complexity index is 127. The van der Waals surface area contributed by atoms with E-state index in [1.807, 2.05) is 0 Å². The van der Waals surface area contributed by atoms with E-state index in [4.69, 9.17) is 15.5 Å². The van der Waals surface area contributed by atoms with Crippen LogP contribution in [0.25, 0.3) is 0 Å². The predicted molar refractivity (Wildman–Crippen MR) is 53.3 cm³/mol. The first-order chi connectivity index (χ1) is 5.77. The lowest BCUT2D eigenvalue weighted by atomic mass is 9.98. The molecule has 7 heteroatoms. The average molecular weight is 208 g/mol. The minimum atomic E-state index is -0.783. The molecule has 0 spiro atoms. The number of carboxylic acids is 1. The minimum Gasteiger partial charge on any atom is -0.481 e. The summed E-state index contributed by atoms with van der Waals surface area (Å²) in [5, 5.41) is 8.27. The Kier molecular flexibility index (Phi) is 9.36. The van der Waals surface area contributed by atoms with Gasteiger partial charge in [-0.2, -0.15) is 0 Å². The fourth-order valence-corrected chi connectivity index (χ4v) is 2.09. The van der Waals surface area contributed by atoms with Gasteiger partial charge in [0.15, 0.2) is 0 Å². The molecule has 0 atom stereocenters. The first-order valence-electron chi connectivity index (χ1n) is 3.37. The summed E-state index contributed by atoms with van der Waals surface area (Å²) in [5.41, 5.74) is 5.07. The van der Waals surface area contributed by atoms with Gasteiger partial charge in [0, 0.05) is 0 Å². The highest BCUT2D eigenvalue weighted by atomic mass is 33.1. The van der Waals surface area contributed by atoms with E-state index in [0.29, 0.717) is 0 Å². The Morgan fingerprint density at radius 1 is 1.58 bits per heavy atom. The molecule has 0 saturated heterocycles. The molecule has 0 aliphatic rings. The van der Waals surface area contributed by atoms with Crippen LogP contribution in [0.15, 0.2) is 0 Å². The second-order valence-corrected chi connectivity index (χ2v) is 4.35. The van der Waals surface area contributed by atoms with Crippen molar-refractivity contribution in [1.29, 1.82) is 0 Å². The molecule has 12 heavy (non-hydrogen) atoms. The average Bonchev–Trinajstić information content (AvgIpc) is 2.02. The van der Waals surface area contributed by atoms with Crippen molar-refractivity contribution in [3.63, 3.8) is 0 Å². The summed E-state index contributed by atoms with van der Waals surface area (Å²) in [6.45, 7) is 0.201. The van der Waals surface area contributed by atoms with Gasteiger partial charge in [0.2, 0.25) is 0 Å². The van der Waals surface area contributed by atoms with E-state index in [2.05, 4.69) is 0 Å². The third-order valence-electron chi connectivity index (χ3n) is 0.799. The molecular weight excluding hydrogens is 197 g/mol. The minimum absolute atomic E-state index is 0.141. The SMILES string of the molecule is NCO[B]CCSSCC(=O)O. The molecule has 0 aromatic rings. The van der Waals surface area contributed by atoms with Crippen molar-refractivity contribution in [3.05, 3.63) is 0 Å². The van der Waals surface area contributed by atoms with Crippen LogP contribution in [0, 0.1) is 0 Å². The molecule has 69 valence electrons. The van der Waals surface area contributed by atoms with E-state index in [1.165, 1.54) is 21.6 Å². The van der Waals surface area contributed by atoms with Gasteiger partial charge in [-0.25, -0.2) is 0 Å². The van der Waals surface area contributed by atoms with Gasteiger partial charge in [0.25, 0.3) is 7.48 Å². The Labute approximate surface area is 80.3 Å². The van der Waals surface area contributed by atoms with Gasteiger partial charge in [-0.15, -0.1) is 0 Å². The highest BCUT2D eigenvalue weighted by Crippen LogP contribution is 2.21. The van der Waals surface area contributed by atoms with E-state index in [0.717, 1.165) is 12.1 Å². The predicted octanol–water partition coefficient (Wildman–Crippen LogP) is 0.423. The number of aliphatic carboxylic acids is 1. The number of carbonyl (C=O) groups is 1. The number of carboxylic acid groups (broad SMARTS) is 1. The van der Waals surface area contributed by atoms with Gasteiger partial charge in [0.1, 0.15) is 5.75 Å². The maximum atomic E-state index is 10.1. The molecule has 0 rings (SSSR count). The van der Waals surface area contributed by atoms with Crippen molar-refractivity contribution in [3.8, 4) is 0 Å². The molecule has 1 radical (unpaired) electrons. The number of hydrogen-bond acceptors (Lipinski definition) is 5. The normalized spacial score (nSPS) is 9.75. The molecule has 0 unspecified atom stereocenters. The molecule has 0 aromatic carbocycles. The third-order valence-corrected chi connectivity index (χ3v) is 3.09. The monoisotopic (exact) mass is 208 g/mol. The zero-order valence-electron chi connectivity index (χ0n) is 6.56. The zero-order valence-corrected chi connectivity index (χ0v) is 8.20. The lowest BCUT2D eigenvalue weighted by Crippen LogP contribution is -2.08. The van der Waals surface area contributed by atoms with Crippen LogP contribution in [0.5, 0.6) is 0 Å². The Balaban J connectivity index is 2.86. The first-order valence-corrected chi connectivity index (χ1v) is 5.85. The van der Waals surface area contributed by atoms with Crippen LogP contribution in [0.2, 0.25) is 6.32 Å². The highest BCUT2D eigenvalue weighted by Gasteiger charge is 1.97. The quantitative estimate of drug-likeness (QED) is 0.260. The number of rotatable bonds is 8.